The summed E-state index contributed by atoms with van der Waals surface area (Å²) in [5.74, 6) is -0.746. The molecule has 7 nitrogen and oxygen atoms in total. The summed E-state index contributed by atoms with van der Waals surface area (Å²) in [6.45, 7) is 10.6. The molecule has 2 aliphatic heterocycles. The highest BCUT2D eigenvalue weighted by atomic mass is 35.5. The van der Waals surface area contributed by atoms with Gasteiger partial charge in [-0.15, -0.1) is 0 Å². The first-order chi connectivity index (χ1) is 16.8. The van der Waals surface area contributed by atoms with E-state index >= 15 is 0 Å². The van der Waals surface area contributed by atoms with Crippen molar-refractivity contribution in [3.63, 3.8) is 0 Å². The molecule has 0 bridgehead atoms. The first-order valence-electron chi connectivity index (χ1n) is 11.9. The van der Waals surface area contributed by atoms with Gasteiger partial charge in [-0.3, -0.25) is 4.79 Å². The highest BCUT2D eigenvalue weighted by Crippen LogP contribution is 2.35. The predicted molar refractivity (Wildman–Crippen MR) is 136 cm³/mol. The Morgan fingerprint density at radius 2 is 1.94 bits per heavy atom. The van der Waals surface area contributed by atoms with Gasteiger partial charge in [-0.05, 0) is 31.4 Å². The van der Waals surface area contributed by atoms with Crippen LogP contribution in [0.25, 0.3) is 5.70 Å². The summed E-state index contributed by atoms with van der Waals surface area (Å²) in [6.07, 6.45) is 3.86. The Kier molecular flexibility index (Phi) is 7.60. The van der Waals surface area contributed by atoms with Gasteiger partial charge in [0.15, 0.2) is 5.83 Å². The molecule has 0 N–H and O–H groups in total. The molecule has 3 heterocycles. The number of halogens is 2. The number of ether oxygens (including phenoxy) is 1. The van der Waals surface area contributed by atoms with Gasteiger partial charge in [-0.2, -0.15) is 9.97 Å². The van der Waals surface area contributed by atoms with Crippen molar-refractivity contribution in [2.75, 3.05) is 44.7 Å². The highest BCUT2D eigenvalue weighted by molar-refractivity contribution is 6.32. The number of piperazine rings is 1. The molecule has 9 heteroatoms. The molecule has 0 radical (unpaired) electrons. The fourth-order valence-electron chi connectivity index (χ4n) is 4.78. The van der Waals surface area contributed by atoms with Gasteiger partial charge in [0.25, 0.3) is 5.91 Å². The monoisotopic (exact) mass is 499 g/mol. The van der Waals surface area contributed by atoms with E-state index in [2.05, 4.69) is 47.4 Å². The maximum absolute atomic E-state index is 13.3. The minimum atomic E-state index is -0.927. The molecule has 4 rings (SSSR count). The number of hydrogen-bond donors (Lipinski definition) is 0. The molecule has 0 spiro atoms. The molecule has 2 aromatic rings. The standard InChI is InChI=1S/C26H31ClFN5O2/c1-5-7-22(23-17(2)8-6-9-20(23)27)33-11-10-19-21(16-33)29-26(35-4)30-24(19)31-12-14-32(15-13-31)25(34)18(3)28/h6-9H,3,5,10-16H2,1-2,4H3/b22-7+. The van der Waals surface area contributed by atoms with Crippen LogP contribution in [0.4, 0.5) is 10.2 Å². The normalized spacial score (nSPS) is 16.3. The number of allylic oxidation sites excluding steroid dienone is 1. The van der Waals surface area contributed by atoms with E-state index in [4.69, 9.17) is 21.3 Å². The van der Waals surface area contributed by atoms with Crippen molar-refractivity contribution in [3.05, 3.63) is 64.1 Å². The Morgan fingerprint density at radius 1 is 1.20 bits per heavy atom. The van der Waals surface area contributed by atoms with Crippen LogP contribution in [0.2, 0.25) is 5.02 Å². The van der Waals surface area contributed by atoms with Gasteiger partial charge in [0.1, 0.15) is 5.82 Å². The summed E-state index contributed by atoms with van der Waals surface area (Å²) in [6, 6.07) is 6.29. The minimum absolute atomic E-state index is 0.311. The van der Waals surface area contributed by atoms with Crippen molar-refractivity contribution in [2.45, 2.75) is 33.2 Å². The summed E-state index contributed by atoms with van der Waals surface area (Å²) in [4.78, 5) is 27.3. The van der Waals surface area contributed by atoms with Crippen molar-refractivity contribution in [1.29, 1.82) is 0 Å². The van der Waals surface area contributed by atoms with Crippen LogP contribution in [-0.2, 0) is 17.8 Å². The van der Waals surface area contributed by atoms with Crippen molar-refractivity contribution in [1.82, 2.24) is 19.8 Å². The zero-order valence-corrected chi connectivity index (χ0v) is 21.2. The number of carbonyl (C=O) groups excluding carboxylic acids is 1. The van der Waals surface area contributed by atoms with Crippen LogP contribution in [0, 0.1) is 6.92 Å². The Bertz CT molecular complexity index is 1140. The van der Waals surface area contributed by atoms with Gasteiger partial charge < -0.3 is 19.4 Å². The summed E-state index contributed by atoms with van der Waals surface area (Å²) < 4.78 is 18.7. The van der Waals surface area contributed by atoms with Crippen LogP contribution < -0.4 is 9.64 Å². The predicted octanol–water partition coefficient (Wildman–Crippen LogP) is 4.39. The van der Waals surface area contributed by atoms with E-state index < -0.39 is 11.7 Å². The van der Waals surface area contributed by atoms with Crippen molar-refractivity contribution >= 4 is 29.0 Å². The lowest BCUT2D eigenvalue weighted by atomic mass is 9.99. The Hall–Kier alpha value is -3.13. The molecule has 0 saturated carbocycles. The number of methoxy groups -OCH3 is 1. The summed E-state index contributed by atoms with van der Waals surface area (Å²) in [7, 11) is 1.56. The van der Waals surface area contributed by atoms with E-state index in [0.717, 1.165) is 58.3 Å². The molecule has 0 aliphatic carbocycles. The Labute approximate surface area is 210 Å². The first kappa shape index (κ1) is 25.0. The van der Waals surface area contributed by atoms with Crippen LogP contribution >= 0.6 is 11.6 Å². The topological polar surface area (TPSA) is 61.8 Å². The summed E-state index contributed by atoms with van der Waals surface area (Å²) in [5.41, 5.74) is 5.30. The second-order valence-electron chi connectivity index (χ2n) is 8.74. The van der Waals surface area contributed by atoms with Crippen LogP contribution in [0.15, 0.2) is 36.7 Å². The van der Waals surface area contributed by atoms with Gasteiger partial charge in [0, 0.05) is 49.5 Å². The number of rotatable bonds is 6. The molecule has 0 unspecified atom stereocenters. The number of anilines is 1. The second kappa shape index (κ2) is 10.6. The van der Waals surface area contributed by atoms with Gasteiger partial charge in [0.2, 0.25) is 0 Å². The first-order valence-corrected chi connectivity index (χ1v) is 12.2. The molecule has 1 aromatic heterocycles. The highest BCUT2D eigenvalue weighted by Gasteiger charge is 2.30. The Balaban J connectivity index is 1.62. The molecule has 1 aromatic carbocycles. The van der Waals surface area contributed by atoms with Crippen LogP contribution in [0.5, 0.6) is 6.01 Å². The minimum Gasteiger partial charge on any atom is -0.467 e. The van der Waals surface area contributed by atoms with E-state index in [1.807, 2.05) is 12.1 Å². The van der Waals surface area contributed by atoms with Crippen LogP contribution in [0.1, 0.15) is 35.7 Å². The molecule has 1 amide bonds. The second-order valence-corrected chi connectivity index (χ2v) is 9.15. The zero-order chi connectivity index (χ0) is 25.1. The van der Waals surface area contributed by atoms with E-state index in [9.17, 15) is 9.18 Å². The molecule has 186 valence electrons. The third-order valence-corrected chi connectivity index (χ3v) is 6.84. The quantitative estimate of drug-likeness (QED) is 0.549. The van der Waals surface area contributed by atoms with Gasteiger partial charge >= 0.3 is 6.01 Å². The Morgan fingerprint density at radius 3 is 2.57 bits per heavy atom. The van der Waals surface area contributed by atoms with Crippen LogP contribution in [0.3, 0.4) is 0 Å². The zero-order valence-electron chi connectivity index (χ0n) is 20.5. The molecule has 1 saturated heterocycles. The number of aromatic nitrogens is 2. The number of aryl methyl sites for hydroxylation is 1. The maximum atomic E-state index is 13.3. The van der Waals surface area contributed by atoms with Gasteiger partial charge in [-0.1, -0.05) is 43.3 Å². The van der Waals surface area contributed by atoms with E-state index in [0.29, 0.717) is 38.7 Å². The number of hydrogen-bond acceptors (Lipinski definition) is 6. The van der Waals surface area contributed by atoms with E-state index in [1.54, 1.807) is 7.11 Å². The lowest BCUT2D eigenvalue weighted by molar-refractivity contribution is -0.128. The number of fused-ring (bicyclic) bond motifs is 1. The maximum Gasteiger partial charge on any atom is 0.318 e. The van der Waals surface area contributed by atoms with Crippen molar-refractivity contribution < 1.29 is 13.9 Å². The molecule has 0 atom stereocenters. The van der Waals surface area contributed by atoms with E-state index in [1.165, 1.54) is 4.90 Å². The van der Waals surface area contributed by atoms with Gasteiger partial charge in [0.05, 0.1) is 24.4 Å². The average Bonchev–Trinajstić information content (AvgIpc) is 2.86. The van der Waals surface area contributed by atoms with Crippen LogP contribution in [-0.4, -0.2) is 65.5 Å². The number of nitrogens with zero attached hydrogens (tertiary/aromatic N) is 5. The SMILES string of the molecule is C=C(F)C(=O)N1CCN(c2nc(OC)nc3c2CCN(/C(=C/CC)c2c(C)cccc2Cl)C3)CC1. The molecular formula is C26H31ClFN5O2. The fraction of sp³-hybridized carbons (Fsp3) is 0.423. The lowest BCUT2D eigenvalue weighted by Gasteiger charge is -2.38. The number of amides is 1. The smallest absolute Gasteiger partial charge is 0.318 e. The molecular weight excluding hydrogens is 469 g/mol. The number of carbonyl (C=O) groups is 1. The molecule has 1 fully saturated rings. The third-order valence-electron chi connectivity index (χ3n) is 6.52. The molecule has 35 heavy (non-hydrogen) atoms. The van der Waals surface area contributed by atoms with Crippen molar-refractivity contribution in [2.24, 2.45) is 0 Å². The third kappa shape index (κ3) is 5.12. The summed E-state index contributed by atoms with van der Waals surface area (Å²) >= 11 is 6.63. The fourth-order valence-corrected chi connectivity index (χ4v) is 5.10. The van der Waals surface area contributed by atoms with Crippen molar-refractivity contribution in [3.8, 4) is 6.01 Å². The molecule has 2 aliphatic rings. The number of benzene rings is 1. The average molecular weight is 500 g/mol. The van der Waals surface area contributed by atoms with Gasteiger partial charge in [-0.25, -0.2) is 4.39 Å². The lowest BCUT2D eigenvalue weighted by Crippen LogP contribution is -2.49. The largest absolute Gasteiger partial charge is 0.467 e. The summed E-state index contributed by atoms with van der Waals surface area (Å²) in [5, 5.41) is 0.736. The van der Waals surface area contributed by atoms with E-state index in [-0.39, 0.29) is 0 Å².